The number of halogens is 1. The number of amides is 1. The van der Waals surface area contributed by atoms with Crippen molar-refractivity contribution in [2.75, 3.05) is 56.9 Å². The molecule has 0 spiro atoms. The highest BCUT2D eigenvalue weighted by Gasteiger charge is 2.17. The first-order valence-corrected chi connectivity index (χ1v) is 11.9. The molecule has 9 nitrogen and oxygen atoms in total. The lowest BCUT2D eigenvalue weighted by Gasteiger charge is -2.26. The highest BCUT2D eigenvalue weighted by Crippen LogP contribution is 2.38. The third kappa shape index (κ3) is 6.04. The van der Waals surface area contributed by atoms with Crippen LogP contribution in [0, 0.1) is 5.82 Å². The second-order valence-corrected chi connectivity index (χ2v) is 8.91. The number of hydrogen-bond donors (Lipinski definition) is 2. The Labute approximate surface area is 221 Å². The number of aromatic nitrogens is 3. The van der Waals surface area contributed by atoms with E-state index in [2.05, 4.69) is 37.1 Å². The molecule has 0 aliphatic carbocycles. The standard InChI is InChI=1S/C28H30FN7O2/c1-6-26(37)32-21-15-22(25(38-5)16-24(21)36(4)13-12-35(2)3)33-28-31-17-23-27(34-28)20(10-11-30-23)18-8-7-9-19(29)14-18/h6-11,14-17H,1,12-13H2,2-5H3,(H,32,37)(H,31,33,34). The van der Waals surface area contributed by atoms with Crippen LogP contribution >= 0.6 is 0 Å². The van der Waals surface area contributed by atoms with E-state index in [0.29, 0.717) is 33.7 Å². The van der Waals surface area contributed by atoms with Gasteiger partial charge >= 0.3 is 0 Å². The van der Waals surface area contributed by atoms with Crippen molar-refractivity contribution in [2.24, 2.45) is 0 Å². The topological polar surface area (TPSA) is 95.5 Å². The molecule has 0 radical (unpaired) electrons. The SMILES string of the molecule is C=CC(=O)Nc1cc(Nc2ncc3nccc(-c4cccc(F)c4)c3n2)c(OC)cc1N(C)CCN(C)C. The molecule has 0 saturated heterocycles. The third-order valence-electron chi connectivity index (χ3n) is 5.92. The highest BCUT2D eigenvalue weighted by molar-refractivity contribution is 6.02. The molecule has 0 fully saturated rings. The van der Waals surface area contributed by atoms with Gasteiger partial charge in [-0.15, -0.1) is 0 Å². The Hall–Kier alpha value is -4.57. The first kappa shape index (κ1) is 26.5. The van der Waals surface area contributed by atoms with Crippen molar-refractivity contribution in [3.63, 3.8) is 0 Å². The minimum Gasteiger partial charge on any atom is -0.494 e. The van der Waals surface area contributed by atoms with E-state index >= 15 is 0 Å². The van der Waals surface area contributed by atoms with Crippen LogP contribution < -0.4 is 20.3 Å². The summed E-state index contributed by atoms with van der Waals surface area (Å²) in [7, 11) is 7.52. The zero-order valence-electron chi connectivity index (χ0n) is 21.8. The molecule has 2 aromatic heterocycles. The number of hydrogen-bond acceptors (Lipinski definition) is 8. The smallest absolute Gasteiger partial charge is 0.247 e. The van der Waals surface area contributed by atoms with E-state index in [4.69, 9.17) is 4.74 Å². The molecule has 0 unspecified atom stereocenters. The van der Waals surface area contributed by atoms with Crippen molar-refractivity contribution in [1.82, 2.24) is 19.9 Å². The minimum absolute atomic E-state index is 0.288. The Bertz CT molecular complexity index is 1480. The van der Waals surface area contributed by atoms with E-state index in [1.807, 2.05) is 38.2 Å². The van der Waals surface area contributed by atoms with Gasteiger partial charge in [-0.3, -0.25) is 9.78 Å². The third-order valence-corrected chi connectivity index (χ3v) is 5.92. The number of ether oxygens (including phenoxy) is 1. The number of methoxy groups -OCH3 is 1. The van der Waals surface area contributed by atoms with Gasteiger partial charge in [0.2, 0.25) is 11.9 Å². The maximum absolute atomic E-state index is 13.9. The molecule has 2 heterocycles. The number of nitrogens with one attached hydrogen (secondary N) is 2. The average molecular weight is 516 g/mol. The Morgan fingerprint density at radius 3 is 2.63 bits per heavy atom. The molecule has 10 heteroatoms. The van der Waals surface area contributed by atoms with Crippen LogP contribution in [0.1, 0.15) is 0 Å². The van der Waals surface area contributed by atoms with Crippen LogP contribution in [-0.2, 0) is 4.79 Å². The summed E-state index contributed by atoms with van der Waals surface area (Å²) in [6.45, 7) is 5.11. The van der Waals surface area contributed by atoms with Crippen LogP contribution in [0.5, 0.6) is 5.75 Å². The fourth-order valence-electron chi connectivity index (χ4n) is 3.91. The van der Waals surface area contributed by atoms with Crippen molar-refractivity contribution in [1.29, 1.82) is 0 Å². The Kier molecular flexibility index (Phi) is 8.12. The van der Waals surface area contributed by atoms with Crippen LogP contribution in [0.4, 0.5) is 27.4 Å². The van der Waals surface area contributed by atoms with Crippen LogP contribution in [0.3, 0.4) is 0 Å². The fourth-order valence-corrected chi connectivity index (χ4v) is 3.91. The van der Waals surface area contributed by atoms with E-state index in [1.165, 1.54) is 18.2 Å². The van der Waals surface area contributed by atoms with Crippen LogP contribution in [0.2, 0.25) is 0 Å². The molecule has 4 aromatic rings. The van der Waals surface area contributed by atoms with Crippen molar-refractivity contribution in [2.45, 2.75) is 0 Å². The number of rotatable bonds is 10. The quantitative estimate of drug-likeness (QED) is 0.293. The van der Waals surface area contributed by atoms with Gasteiger partial charge in [0.15, 0.2) is 0 Å². The van der Waals surface area contributed by atoms with E-state index in [-0.39, 0.29) is 17.7 Å². The summed E-state index contributed by atoms with van der Waals surface area (Å²) >= 11 is 0. The molecule has 2 aromatic carbocycles. The van der Waals surface area contributed by atoms with Gasteiger partial charge in [0.25, 0.3) is 0 Å². The zero-order chi connectivity index (χ0) is 27.2. The molecule has 0 bridgehead atoms. The molecule has 2 N–H and O–H groups in total. The van der Waals surface area contributed by atoms with E-state index < -0.39 is 0 Å². The van der Waals surface area contributed by atoms with Gasteiger partial charge in [0.05, 0.1) is 30.4 Å². The van der Waals surface area contributed by atoms with Gasteiger partial charge in [-0.1, -0.05) is 18.7 Å². The largest absolute Gasteiger partial charge is 0.494 e. The number of benzene rings is 2. The lowest BCUT2D eigenvalue weighted by molar-refractivity contribution is -0.111. The molecular weight excluding hydrogens is 485 g/mol. The van der Waals surface area contributed by atoms with Gasteiger partial charge < -0.3 is 25.2 Å². The maximum Gasteiger partial charge on any atom is 0.247 e. The van der Waals surface area contributed by atoms with Crippen molar-refractivity contribution < 1.29 is 13.9 Å². The molecule has 0 atom stereocenters. The fraction of sp³-hybridized carbons (Fsp3) is 0.214. The van der Waals surface area contributed by atoms with Gasteiger partial charge in [0.1, 0.15) is 22.6 Å². The Balaban J connectivity index is 1.75. The summed E-state index contributed by atoms with van der Waals surface area (Å²) in [4.78, 5) is 29.8. The maximum atomic E-state index is 13.9. The summed E-state index contributed by atoms with van der Waals surface area (Å²) in [6, 6.07) is 11.7. The lowest BCUT2D eigenvalue weighted by atomic mass is 10.1. The summed E-state index contributed by atoms with van der Waals surface area (Å²) in [5.41, 5.74) is 4.44. The zero-order valence-corrected chi connectivity index (χ0v) is 21.8. The summed E-state index contributed by atoms with van der Waals surface area (Å²) in [5, 5.41) is 6.08. The first-order chi connectivity index (χ1) is 18.3. The van der Waals surface area contributed by atoms with Crippen LogP contribution in [0.15, 0.2) is 67.5 Å². The molecule has 0 aliphatic rings. The molecule has 0 aliphatic heterocycles. The van der Waals surface area contributed by atoms with Crippen molar-refractivity contribution in [3.8, 4) is 16.9 Å². The number of pyridine rings is 1. The molecule has 4 rings (SSSR count). The van der Waals surface area contributed by atoms with Crippen LogP contribution in [-0.4, -0.2) is 67.1 Å². The predicted molar refractivity (Wildman–Crippen MR) is 150 cm³/mol. The number of likely N-dealkylation sites (N-methyl/N-ethyl adjacent to an activating group) is 2. The van der Waals surface area contributed by atoms with Crippen molar-refractivity contribution >= 4 is 40.0 Å². The number of carbonyl (C=O) groups is 1. The lowest BCUT2D eigenvalue weighted by Crippen LogP contribution is -2.29. The van der Waals surface area contributed by atoms with Crippen LogP contribution in [0.25, 0.3) is 22.2 Å². The molecule has 38 heavy (non-hydrogen) atoms. The Morgan fingerprint density at radius 1 is 1.11 bits per heavy atom. The summed E-state index contributed by atoms with van der Waals surface area (Å²) < 4.78 is 19.6. The first-order valence-electron chi connectivity index (χ1n) is 11.9. The van der Waals surface area contributed by atoms with Gasteiger partial charge in [-0.2, -0.15) is 0 Å². The minimum atomic E-state index is -0.339. The number of carbonyl (C=O) groups excluding carboxylic acids is 1. The predicted octanol–water partition coefficient (Wildman–Crippen LogP) is 4.71. The monoisotopic (exact) mass is 515 g/mol. The van der Waals surface area contributed by atoms with E-state index in [9.17, 15) is 9.18 Å². The Morgan fingerprint density at radius 2 is 1.92 bits per heavy atom. The molecule has 196 valence electrons. The van der Waals surface area contributed by atoms with E-state index in [1.54, 1.807) is 37.7 Å². The molecule has 0 saturated carbocycles. The molecule has 1 amide bonds. The van der Waals surface area contributed by atoms with Gasteiger partial charge in [-0.25, -0.2) is 14.4 Å². The van der Waals surface area contributed by atoms with Gasteiger partial charge in [-0.05, 0) is 50.0 Å². The highest BCUT2D eigenvalue weighted by atomic mass is 19.1. The second-order valence-electron chi connectivity index (χ2n) is 8.91. The summed E-state index contributed by atoms with van der Waals surface area (Å²) in [5.74, 6) is 0.148. The average Bonchev–Trinajstić information content (AvgIpc) is 2.91. The van der Waals surface area contributed by atoms with Crippen molar-refractivity contribution in [3.05, 3.63) is 73.3 Å². The number of fused-ring (bicyclic) bond motifs is 1. The summed E-state index contributed by atoms with van der Waals surface area (Å²) in [6.07, 6.45) is 4.46. The number of anilines is 4. The van der Waals surface area contributed by atoms with Gasteiger partial charge in [0, 0.05) is 38.0 Å². The second kappa shape index (κ2) is 11.7. The van der Waals surface area contributed by atoms with E-state index in [0.717, 1.165) is 24.3 Å². The number of nitrogens with zero attached hydrogens (tertiary/aromatic N) is 5. The normalized spacial score (nSPS) is 10.9. The molecular formula is C28H30FN7O2.